The molecule has 0 atom stereocenters. The Bertz CT molecular complexity index is 417. The Morgan fingerprint density at radius 2 is 1.89 bits per heavy atom. The minimum atomic E-state index is 0.133. The van der Waals surface area contributed by atoms with Gasteiger partial charge in [-0.3, -0.25) is 4.79 Å². The molecule has 0 unspecified atom stereocenters. The van der Waals surface area contributed by atoms with Gasteiger partial charge in [0.15, 0.2) is 0 Å². The fraction of sp³-hybridized carbons (Fsp3) is 0.533. The van der Waals surface area contributed by atoms with E-state index in [0.29, 0.717) is 22.5 Å². The Morgan fingerprint density at radius 1 is 1.21 bits per heavy atom. The first-order chi connectivity index (χ1) is 9.06. The molecule has 2 nitrogen and oxygen atoms in total. The number of nitrogens with one attached hydrogen (secondary N) is 1. The Morgan fingerprint density at radius 3 is 2.47 bits per heavy atom. The number of benzene rings is 1. The largest absolute Gasteiger partial charge is 0.353 e. The minimum Gasteiger partial charge on any atom is -0.353 e. The van der Waals surface area contributed by atoms with Crippen molar-refractivity contribution in [3.8, 4) is 0 Å². The van der Waals surface area contributed by atoms with E-state index in [9.17, 15) is 4.79 Å². The SMILES string of the molecule is CCC(CC)NC(=O)CCCc1ccc(Cl)c(Cl)c1. The van der Waals surface area contributed by atoms with Crippen LogP contribution in [0.2, 0.25) is 10.0 Å². The molecule has 0 bridgehead atoms. The van der Waals surface area contributed by atoms with E-state index in [1.807, 2.05) is 12.1 Å². The van der Waals surface area contributed by atoms with Crippen molar-refractivity contribution in [2.24, 2.45) is 0 Å². The van der Waals surface area contributed by atoms with Gasteiger partial charge >= 0.3 is 0 Å². The van der Waals surface area contributed by atoms with Gasteiger partial charge in [0.2, 0.25) is 5.91 Å². The van der Waals surface area contributed by atoms with E-state index < -0.39 is 0 Å². The van der Waals surface area contributed by atoms with Gasteiger partial charge < -0.3 is 5.32 Å². The third-order valence-corrected chi connectivity index (χ3v) is 3.94. The van der Waals surface area contributed by atoms with E-state index in [1.54, 1.807) is 6.07 Å². The van der Waals surface area contributed by atoms with Gasteiger partial charge in [0.25, 0.3) is 0 Å². The molecule has 19 heavy (non-hydrogen) atoms. The van der Waals surface area contributed by atoms with E-state index in [-0.39, 0.29) is 5.91 Å². The first-order valence-electron chi connectivity index (χ1n) is 6.80. The van der Waals surface area contributed by atoms with Crippen LogP contribution < -0.4 is 5.32 Å². The van der Waals surface area contributed by atoms with Crippen molar-refractivity contribution in [1.29, 1.82) is 0 Å². The first-order valence-corrected chi connectivity index (χ1v) is 7.55. The predicted molar refractivity (Wildman–Crippen MR) is 81.9 cm³/mol. The number of amides is 1. The molecule has 0 aliphatic rings. The van der Waals surface area contributed by atoms with Crippen LogP contribution in [0.25, 0.3) is 0 Å². The molecule has 1 aromatic rings. The van der Waals surface area contributed by atoms with E-state index in [2.05, 4.69) is 19.2 Å². The maximum absolute atomic E-state index is 11.7. The summed E-state index contributed by atoms with van der Waals surface area (Å²) in [5.41, 5.74) is 1.12. The number of carbonyl (C=O) groups is 1. The zero-order chi connectivity index (χ0) is 14.3. The topological polar surface area (TPSA) is 29.1 Å². The minimum absolute atomic E-state index is 0.133. The van der Waals surface area contributed by atoms with E-state index >= 15 is 0 Å². The second kappa shape index (κ2) is 8.44. The molecule has 1 N–H and O–H groups in total. The molecule has 0 aromatic heterocycles. The molecule has 1 amide bonds. The highest BCUT2D eigenvalue weighted by molar-refractivity contribution is 6.42. The number of halogens is 2. The van der Waals surface area contributed by atoms with Gasteiger partial charge in [-0.25, -0.2) is 0 Å². The molecule has 0 saturated heterocycles. The van der Waals surface area contributed by atoms with Crippen molar-refractivity contribution in [2.75, 3.05) is 0 Å². The van der Waals surface area contributed by atoms with Crippen molar-refractivity contribution in [3.05, 3.63) is 33.8 Å². The Balaban J connectivity index is 2.33. The first kappa shape index (κ1) is 16.3. The lowest BCUT2D eigenvalue weighted by atomic mass is 10.1. The van der Waals surface area contributed by atoms with Crippen LogP contribution in [0.15, 0.2) is 18.2 Å². The number of carbonyl (C=O) groups excluding carboxylic acids is 1. The standard InChI is InChI=1S/C15H21Cl2NO/c1-3-12(4-2)18-15(19)7-5-6-11-8-9-13(16)14(17)10-11/h8-10,12H,3-7H2,1-2H3,(H,18,19). The van der Waals surface area contributed by atoms with E-state index in [0.717, 1.165) is 31.2 Å². The lowest BCUT2D eigenvalue weighted by Crippen LogP contribution is -2.33. The van der Waals surface area contributed by atoms with Gasteiger partial charge in [0.1, 0.15) is 0 Å². The fourth-order valence-corrected chi connectivity index (χ4v) is 2.26. The fourth-order valence-electron chi connectivity index (χ4n) is 1.94. The highest BCUT2D eigenvalue weighted by Crippen LogP contribution is 2.23. The van der Waals surface area contributed by atoms with Gasteiger partial charge in [-0.05, 0) is 43.4 Å². The van der Waals surface area contributed by atoms with Crippen molar-refractivity contribution < 1.29 is 4.79 Å². The Hall–Kier alpha value is -0.730. The van der Waals surface area contributed by atoms with Crippen LogP contribution in [0.5, 0.6) is 0 Å². The highest BCUT2D eigenvalue weighted by Gasteiger charge is 2.08. The average Bonchev–Trinajstić information content (AvgIpc) is 2.40. The predicted octanol–water partition coefficient (Wildman–Crippen LogP) is 4.62. The number of hydrogen-bond acceptors (Lipinski definition) is 1. The van der Waals surface area contributed by atoms with Crippen LogP contribution in [-0.4, -0.2) is 11.9 Å². The van der Waals surface area contributed by atoms with E-state index in [4.69, 9.17) is 23.2 Å². The summed E-state index contributed by atoms with van der Waals surface area (Å²) in [6.07, 6.45) is 4.18. The van der Waals surface area contributed by atoms with Crippen molar-refractivity contribution >= 4 is 29.1 Å². The summed E-state index contributed by atoms with van der Waals surface area (Å²) in [5, 5.41) is 4.17. The number of aryl methyl sites for hydroxylation is 1. The monoisotopic (exact) mass is 301 g/mol. The third kappa shape index (κ3) is 5.84. The summed E-state index contributed by atoms with van der Waals surface area (Å²) < 4.78 is 0. The Labute approximate surface area is 125 Å². The summed E-state index contributed by atoms with van der Waals surface area (Å²) in [5.74, 6) is 0.133. The average molecular weight is 302 g/mol. The zero-order valence-corrected chi connectivity index (χ0v) is 13.0. The number of hydrogen-bond donors (Lipinski definition) is 1. The molecule has 106 valence electrons. The van der Waals surface area contributed by atoms with Gasteiger partial charge in [-0.1, -0.05) is 43.1 Å². The molecule has 0 spiro atoms. The lowest BCUT2D eigenvalue weighted by molar-refractivity contribution is -0.121. The second-order valence-electron chi connectivity index (χ2n) is 4.68. The van der Waals surface area contributed by atoms with Crippen LogP contribution in [0.3, 0.4) is 0 Å². The van der Waals surface area contributed by atoms with Crippen molar-refractivity contribution in [1.82, 2.24) is 5.32 Å². The van der Waals surface area contributed by atoms with Gasteiger partial charge in [-0.15, -0.1) is 0 Å². The molecule has 0 aliphatic heterocycles. The maximum atomic E-state index is 11.7. The van der Waals surface area contributed by atoms with Gasteiger partial charge in [0.05, 0.1) is 10.0 Å². The van der Waals surface area contributed by atoms with Gasteiger partial charge in [0, 0.05) is 12.5 Å². The van der Waals surface area contributed by atoms with Crippen LogP contribution in [0, 0.1) is 0 Å². The quantitative estimate of drug-likeness (QED) is 0.782. The normalized spacial score (nSPS) is 10.8. The lowest BCUT2D eigenvalue weighted by Gasteiger charge is -2.14. The van der Waals surface area contributed by atoms with Crippen LogP contribution in [-0.2, 0) is 11.2 Å². The summed E-state index contributed by atoms with van der Waals surface area (Å²) in [6.45, 7) is 4.17. The Kier molecular flexibility index (Phi) is 7.25. The number of rotatable bonds is 7. The maximum Gasteiger partial charge on any atom is 0.220 e. The summed E-state index contributed by atoms with van der Waals surface area (Å²) in [6, 6.07) is 5.91. The molecule has 4 heteroatoms. The van der Waals surface area contributed by atoms with Gasteiger partial charge in [-0.2, -0.15) is 0 Å². The van der Waals surface area contributed by atoms with Crippen LogP contribution in [0.4, 0.5) is 0 Å². The summed E-state index contributed by atoms with van der Waals surface area (Å²) in [4.78, 5) is 11.7. The second-order valence-corrected chi connectivity index (χ2v) is 5.50. The third-order valence-electron chi connectivity index (χ3n) is 3.20. The molecule has 0 radical (unpaired) electrons. The summed E-state index contributed by atoms with van der Waals surface area (Å²) >= 11 is 11.8. The molecule has 0 fully saturated rings. The molecule has 0 heterocycles. The molecule has 1 rings (SSSR count). The van der Waals surface area contributed by atoms with Crippen molar-refractivity contribution in [3.63, 3.8) is 0 Å². The molecular formula is C15H21Cl2NO. The molecule has 0 aliphatic carbocycles. The highest BCUT2D eigenvalue weighted by atomic mass is 35.5. The zero-order valence-electron chi connectivity index (χ0n) is 11.5. The van der Waals surface area contributed by atoms with Crippen LogP contribution >= 0.6 is 23.2 Å². The van der Waals surface area contributed by atoms with Crippen LogP contribution in [0.1, 0.15) is 45.1 Å². The molecular weight excluding hydrogens is 281 g/mol. The smallest absolute Gasteiger partial charge is 0.220 e. The molecule has 0 saturated carbocycles. The van der Waals surface area contributed by atoms with E-state index in [1.165, 1.54) is 0 Å². The molecule has 1 aromatic carbocycles. The van der Waals surface area contributed by atoms with Crippen molar-refractivity contribution in [2.45, 2.75) is 52.0 Å². The summed E-state index contributed by atoms with van der Waals surface area (Å²) in [7, 11) is 0.